The minimum atomic E-state index is -1.16. The van der Waals surface area contributed by atoms with Gasteiger partial charge in [0.1, 0.15) is 12.6 Å². The third-order valence-corrected chi connectivity index (χ3v) is 6.11. The molecule has 2 rings (SSSR count). The van der Waals surface area contributed by atoms with E-state index in [4.69, 9.17) is 10.8 Å². The third kappa shape index (κ3) is 7.73. The zero-order valence-corrected chi connectivity index (χ0v) is 18.5. The largest absolute Gasteiger partial charge is 0.480 e. The molecule has 5 N–H and O–H groups in total. The molecule has 8 heteroatoms. The lowest BCUT2D eigenvalue weighted by Crippen LogP contribution is -2.54. The van der Waals surface area contributed by atoms with Crippen molar-refractivity contribution >= 4 is 29.5 Å². The van der Waals surface area contributed by atoms with Gasteiger partial charge in [-0.2, -0.15) is 0 Å². The van der Waals surface area contributed by atoms with Gasteiger partial charge in [0.2, 0.25) is 11.8 Å². The third-order valence-electron chi connectivity index (χ3n) is 4.70. The van der Waals surface area contributed by atoms with Crippen LogP contribution in [-0.2, 0) is 14.4 Å². The molecule has 0 radical (unpaired) electrons. The monoisotopic (exact) mass is 443 g/mol. The number of hydrogen-bond acceptors (Lipinski definition) is 5. The highest BCUT2D eigenvalue weighted by molar-refractivity contribution is 7.99. The fourth-order valence-corrected chi connectivity index (χ4v) is 4.19. The molecule has 0 aliphatic carbocycles. The molecule has 166 valence electrons. The van der Waals surface area contributed by atoms with E-state index in [0.29, 0.717) is 0 Å². The Morgan fingerprint density at radius 1 is 0.935 bits per heavy atom. The lowest BCUT2D eigenvalue weighted by molar-refractivity contribution is -0.138. The fourth-order valence-electron chi connectivity index (χ4n) is 2.87. The van der Waals surface area contributed by atoms with Crippen LogP contribution in [0.3, 0.4) is 0 Å². The second-order valence-electron chi connectivity index (χ2n) is 7.48. The van der Waals surface area contributed by atoms with Crippen LogP contribution in [0.25, 0.3) is 0 Å². The van der Waals surface area contributed by atoms with Crippen molar-refractivity contribution in [3.8, 4) is 0 Å². The highest BCUT2D eigenvalue weighted by Crippen LogP contribution is 2.35. The smallest absolute Gasteiger partial charge is 0.322 e. The highest BCUT2D eigenvalue weighted by Gasteiger charge is 2.27. The Bertz CT molecular complexity index is 822. The SMILES string of the molecule is CC(C)[C@H](N)C(=O)N[C@@H](CSC(c1ccccc1)c1ccccc1)C(=O)NCC(=O)O. The molecule has 0 saturated heterocycles. The summed E-state index contributed by atoms with van der Waals surface area (Å²) in [5.74, 6) is -2.01. The second kappa shape index (κ2) is 12.1. The molecule has 31 heavy (non-hydrogen) atoms. The lowest BCUT2D eigenvalue weighted by Gasteiger charge is -2.24. The van der Waals surface area contributed by atoms with Crippen LogP contribution < -0.4 is 16.4 Å². The first kappa shape index (κ1) is 24.4. The molecule has 0 aliphatic rings. The van der Waals surface area contributed by atoms with Crippen LogP contribution in [0.5, 0.6) is 0 Å². The normalized spacial score (nSPS) is 12.9. The van der Waals surface area contributed by atoms with Gasteiger partial charge in [-0.3, -0.25) is 14.4 Å². The van der Waals surface area contributed by atoms with E-state index in [1.165, 1.54) is 11.8 Å². The van der Waals surface area contributed by atoms with Gasteiger partial charge >= 0.3 is 5.97 Å². The van der Waals surface area contributed by atoms with Crippen LogP contribution >= 0.6 is 11.8 Å². The summed E-state index contributed by atoms with van der Waals surface area (Å²) in [6.07, 6.45) is 0. The molecule has 7 nitrogen and oxygen atoms in total. The van der Waals surface area contributed by atoms with E-state index in [-0.39, 0.29) is 16.9 Å². The molecule has 2 atom stereocenters. The Kier molecular flexibility index (Phi) is 9.55. The molecule has 0 fully saturated rings. The first-order chi connectivity index (χ1) is 14.8. The van der Waals surface area contributed by atoms with Crippen molar-refractivity contribution in [1.29, 1.82) is 0 Å². The number of thioether (sulfide) groups is 1. The molecule has 0 heterocycles. The van der Waals surface area contributed by atoms with Crippen molar-refractivity contribution in [2.75, 3.05) is 12.3 Å². The van der Waals surface area contributed by atoms with Gasteiger partial charge in [-0.15, -0.1) is 11.8 Å². The van der Waals surface area contributed by atoms with Gasteiger partial charge in [0.25, 0.3) is 0 Å². The summed E-state index contributed by atoms with van der Waals surface area (Å²) in [4.78, 5) is 36.0. The van der Waals surface area contributed by atoms with Gasteiger partial charge in [0.05, 0.1) is 11.3 Å². The number of carboxylic acids is 1. The van der Waals surface area contributed by atoms with Gasteiger partial charge in [0, 0.05) is 5.75 Å². The number of benzene rings is 2. The van der Waals surface area contributed by atoms with Crippen LogP contribution in [0.1, 0.15) is 30.2 Å². The Morgan fingerprint density at radius 2 is 1.45 bits per heavy atom. The molecule has 2 aromatic carbocycles. The standard InChI is InChI=1S/C23H29N3O4S/c1-15(2)20(24)23(30)26-18(22(29)25-13-19(27)28)14-31-21(16-9-5-3-6-10-16)17-11-7-4-8-12-17/h3-12,15,18,20-21H,13-14,24H2,1-2H3,(H,25,29)(H,26,30)(H,27,28)/t18-,20-/m0/s1. The van der Waals surface area contributed by atoms with E-state index in [1.54, 1.807) is 0 Å². The second-order valence-corrected chi connectivity index (χ2v) is 8.62. The number of amides is 2. The quantitative estimate of drug-likeness (QED) is 0.422. The molecule has 2 aromatic rings. The van der Waals surface area contributed by atoms with Crippen molar-refractivity contribution in [2.45, 2.75) is 31.2 Å². The summed E-state index contributed by atoms with van der Waals surface area (Å²) < 4.78 is 0. The van der Waals surface area contributed by atoms with Crippen molar-refractivity contribution < 1.29 is 19.5 Å². The van der Waals surface area contributed by atoms with E-state index in [1.807, 2.05) is 74.5 Å². The minimum Gasteiger partial charge on any atom is -0.480 e. The summed E-state index contributed by atoms with van der Waals surface area (Å²) in [5, 5.41) is 13.9. The lowest BCUT2D eigenvalue weighted by atomic mass is 10.0. The Hall–Kier alpha value is -2.84. The van der Waals surface area contributed by atoms with Crippen LogP contribution in [0, 0.1) is 5.92 Å². The number of nitrogens with one attached hydrogen (secondary N) is 2. The van der Waals surface area contributed by atoms with E-state index >= 15 is 0 Å². The van der Waals surface area contributed by atoms with Gasteiger partial charge < -0.3 is 21.5 Å². The Morgan fingerprint density at radius 3 is 1.90 bits per heavy atom. The summed E-state index contributed by atoms with van der Waals surface area (Å²) in [6.45, 7) is 3.12. The summed E-state index contributed by atoms with van der Waals surface area (Å²) in [6, 6.07) is 18.0. The number of carbonyl (C=O) groups is 3. The van der Waals surface area contributed by atoms with E-state index < -0.39 is 36.4 Å². The number of aliphatic carboxylic acids is 1. The van der Waals surface area contributed by atoms with Gasteiger partial charge in [0.15, 0.2) is 0 Å². The molecule has 0 bridgehead atoms. The molecule has 2 amide bonds. The predicted octanol–water partition coefficient (Wildman–Crippen LogP) is 2.18. The first-order valence-corrected chi connectivity index (χ1v) is 11.1. The summed E-state index contributed by atoms with van der Waals surface area (Å²) in [7, 11) is 0. The summed E-state index contributed by atoms with van der Waals surface area (Å²) in [5.41, 5.74) is 8.05. The Balaban J connectivity index is 2.20. The number of carboxylic acid groups (broad SMARTS) is 1. The minimum absolute atomic E-state index is 0.0622. The topological polar surface area (TPSA) is 122 Å². The average Bonchev–Trinajstić information content (AvgIpc) is 2.77. The van der Waals surface area contributed by atoms with Crippen LogP contribution in [0.15, 0.2) is 60.7 Å². The molecule has 0 aromatic heterocycles. The van der Waals surface area contributed by atoms with Crippen molar-refractivity contribution in [3.63, 3.8) is 0 Å². The first-order valence-electron chi connectivity index (χ1n) is 10.1. The molecular formula is C23H29N3O4S. The molecule has 0 saturated carbocycles. The number of hydrogen-bond donors (Lipinski definition) is 4. The van der Waals surface area contributed by atoms with Gasteiger partial charge in [-0.05, 0) is 17.0 Å². The number of carbonyl (C=O) groups excluding carboxylic acids is 2. The van der Waals surface area contributed by atoms with Crippen LogP contribution in [0.2, 0.25) is 0 Å². The van der Waals surface area contributed by atoms with E-state index in [9.17, 15) is 14.4 Å². The van der Waals surface area contributed by atoms with Crippen molar-refractivity contribution in [1.82, 2.24) is 10.6 Å². The number of nitrogens with two attached hydrogens (primary N) is 1. The van der Waals surface area contributed by atoms with Gasteiger partial charge in [-0.25, -0.2) is 0 Å². The van der Waals surface area contributed by atoms with Gasteiger partial charge in [-0.1, -0.05) is 74.5 Å². The van der Waals surface area contributed by atoms with Crippen LogP contribution in [0.4, 0.5) is 0 Å². The van der Waals surface area contributed by atoms with E-state index in [0.717, 1.165) is 11.1 Å². The molecule has 0 unspecified atom stereocenters. The maximum Gasteiger partial charge on any atom is 0.322 e. The highest BCUT2D eigenvalue weighted by atomic mass is 32.2. The molecular weight excluding hydrogens is 414 g/mol. The maximum atomic E-state index is 12.6. The summed E-state index contributed by atoms with van der Waals surface area (Å²) >= 11 is 1.50. The zero-order chi connectivity index (χ0) is 22.8. The maximum absolute atomic E-state index is 12.6. The zero-order valence-electron chi connectivity index (χ0n) is 17.7. The Labute approximate surface area is 186 Å². The van der Waals surface area contributed by atoms with E-state index in [2.05, 4.69) is 10.6 Å². The number of rotatable bonds is 11. The van der Waals surface area contributed by atoms with Crippen molar-refractivity contribution in [3.05, 3.63) is 71.8 Å². The average molecular weight is 444 g/mol. The molecule has 0 spiro atoms. The predicted molar refractivity (Wildman–Crippen MR) is 123 cm³/mol. The van der Waals surface area contributed by atoms with Crippen LogP contribution in [-0.4, -0.2) is 47.3 Å². The fraction of sp³-hybridized carbons (Fsp3) is 0.348. The molecule has 0 aliphatic heterocycles. The van der Waals surface area contributed by atoms with Crippen molar-refractivity contribution in [2.24, 2.45) is 11.7 Å².